The Morgan fingerprint density at radius 1 is 1.15 bits per heavy atom. The van der Waals surface area contributed by atoms with Gasteiger partial charge in [-0.05, 0) is 75.3 Å². The van der Waals surface area contributed by atoms with Gasteiger partial charge in [-0.25, -0.2) is 0 Å². The minimum atomic E-state index is -4.57. The van der Waals surface area contributed by atoms with Crippen molar-refractivity contribution in [2.75, 3.05) is 5.73 Å². The molecule has 1 amide bonds. The number of aliphatic hydroxyl groups excluding tert-OH is 1. The van der Waals surface area contributed by atoms with Crippen molar-refractivity contribution in [3.8, 4) is 0 Å². The molecular weight excluding hydrogens is 445 g/mol. The highest BCUT2D eigenvalue weighted by molar-refractivity contribution is 5.98. The molecular formula is C25H27F3N4O2. The number of carbonyl (C=O) groups excluding carboxylic acids is 1. The molecule has 0 radical (unpaired) electrons. The minimum Gasteiger partial charge on any atom is -0.397 e. The van der Waals surface area contributed by atoms with Crippen LogP contribution in [0.2, 0.25) is 0 Å². The third-order valence-corrected chi connectivity index (χ3v) is 6.53. The molecule has 2 aromatic heterocycles. The van der Waals surface area contributed by atoms with Gasteiger partial charge in [-0.1, -0.05) is 6.07 Å². The van der Waals surface area contributed by atoms with E-state index in [9.17, 15) is 23.1 Å². The maximum Gasteiger partial charge on any atom is 0.417 e. The van der Waals surface area contributed by atoms with E-state index in [0.29, 0.717) is 24.8 Å². The SMILES string of the molecule is CC(CC1CCC(O)CC1)(NC(=O)c1ccc2ncccc2c1)c1ncc(C(F)(F)F)cc1N. The minimum absolute atomic E-state index is 0.129. The third kappa shape index (κ3) is 5.14. The van der Waals surface area contributed by atoms with Gasteiger partial charge in [0, 0.05) is 23.3 Å². The molecule has 4 N–H and O–H groups in total. The number of alkyl halides is 3. The number of anilines is 1. The van der Waals surface area contributed by atoms with E-state index in [0.717, 1.165) is 36.0 Å². The Morgan fingerprint density at radius 3 is 2.56 bits per heavy atom. The number of rotatable bonds is 5. The summed E-state index contributed by atoms with van der Waals surface area (Å²) in [4.78, 5) is 21.6. The van der Waals surface area contributed by atoms with Crippen molar-refractivity contribution in [2.45, 2.75) is 56.8 Å². The Bertz CT molecular complexity index is 1190. The van der Waals surface area contributed by atoms with Crippen LogP contribution in [0.3, 0.4) is 0 Å². The quantitative estimate of drug-likeness (QED) is 0.494. The van der Waals surface area contributed by atoms with Gasteiger partial charge in [0.05, 0.1) is 34.1 Å². The van der Waals surface area contributed by atoms with Crippen LogP contribution in [0.4, 0.5) is 18.9 Å². The van der Waals surface area contributed by atoms with Crippen molar-refractivity contribution in [1.82, 2.24) is 15.3 Å². The van der Waals surface area contributed by atoms with E-state index in [1.54, 1.807) is 37.4 Å². The lowest BCUT2D eigenvalue weighted by molar-refractivity contribution is -0.137. The number of carbonyl (C=O) groups is 1. The van der Waals surface area contributed by atoms with Crippen molar-refractivity contribution < 1.29 is 23.1 Å². The average molecular weight is 473 g/mol. The highest BCUT2D eigenvalue weighted by atomic mass is 19.4. The van der Waals surface area contributed by atoms with Crippen LogP contribution in [0.25, 0.3) is 10.9 Å². The van der Waals surface area contributed by atoms with Gasteiger partial charge in [-0.15, -0.1) is 0 Å². The standard InChI is InChI=1S/C25H27F3N4O2/c1-24(13-15-4-7-19(33)8-5-15,22-20(29)12-18(14-31-22)25(26,27)28)32-23(34)17-6-9-21-16(11-17)3-2-10-30-21/h2-3,6,9-12,14-15,19,33H,4-5,7-8,13,29H2,1H3,(H,32,34). The highest BCUT2D eigenvalue weighted by Crippen LogP contribution is 2.39. The van der Waals surface area contributed by atoms with Crippen LogP contribution in [0.1, 0.15) is 60.6 Å². The predicted molar refractivity (Wildman–Crippen MR) is 123 cm³/mol. The van der Waals surface area contributed by atoms with Gasteiger partial charge in [0.2, 0.25) is 0 Å². The molecule has 6 nitrogen and oxygen atoms in total. The number of amides is 1. The monoisotopic (exact) mass is 472 g/mol. The number of hydrogen-bond acceptors (Lipinski definition) is 5. The van der Waals surface area contributed by atoms with E-state index < -0.39 is 17.3 Å². The van der Waals surface area contributed by atoms with Crippen LogP contribution in [0, 0.1) is 5.92 Å². The summed E-state index contributed by atoms with van der Waals surface area (Å²) in [5, 5.41) is 13.7. The van der Waals surface area contributed by atoms with Gasteiger partial charge in [0.25, 0.3) is 5.91 Å². The number of nitrogens with one attached hydrogen (secondary N) is 1. The number of aromatic nitrogens is 2. The van der Waals surface area contributed by atoms with E-state index in [2.05, 4.69) is 15.3 Å². The second-order valence-electron chi connectivity index (χ2n) is 9.24. The first kappa shape index (κ1) is 23.9. The van der Waals surface area contributed by atoms with Crippen molar-refractivity contribution in [3.63, 3.8) is 0 Å². The summed E-state index contributed by atoms with van der Waals surface area (Å²) in [6.45, 7) is 1.74. The number of nitrogens with zero attached hydrogens (tertiary/aromatic N) is 2. The summed E-state index contributed by atoms with van der Waals surface area (Å²) in [6, 6.07) is 9.61. The molecule has 1 aliphatic carbocycles. The molecule has 34 heavy (non-hydrogen) atoms. The molecule has 0 bridgehead atoms. The number of nitrogens with two attached hydrogens (primary N) is 1. The molecule has 0 saturated heterocycles. The molecule has 4 rings (SSSR count). The zero-order valence-electron chi connectivity index (χ0n) is 18.8. The molecule has 1 saturated carbocycles. The Labute approximate surface area is 195 Å². The van der Waals surface area contributed by atoms with Crippen LogP contribution < -0.4 is 11.1 Å². The molecule has 1 aliphatic rings. The van der Waals surface area contributed by atoms with E-state index in [4.69, 9.17) is 5.73 Å². The molecule has 1 fully saturated rings. The van der Waals surface area contributed by atoms with Crippen molar-refractivity contribution in [1.29, 1.82) is 0 Å². The average Bonchev–Trinajstić information content (AvgIpc) is 2.79. The molecule has 180 valence electrons. The van der Waals surface area contributed by atoms with Crippen LogP contribution >= 0.6 is 0 Å². The molecule has 1 atom stereocenters. The first-order valence-electron chi connectivity index (χ1n) is 11.2. The molecule has 9 heteroatoms. The number of benzene rings is 1. The Balaban J connectivity index is 1.67. The van der Waals surface area contributed by atoms with Gasteiger partial charge >= 0.3 is 6.18 Å². The van der Waals surface area contributed by atoms with Crippen molar-refractivity contribution >= 4 is 22.5 Å². The van der Waals surface area contributed by atoms with E-state index in [1.165, 1.54) is 0 Å². The van der Waals surface area contributed by atoms with Gasteiger partial charge in [0.15, 0.2) is 0 Å². The van der Waals surface area contributed by atoms with Crippen molar-refractivity contribution in [3.05, 3.63) is 65.6 Å². The fourth-order valence-electron chi connectivity index (χ4n) is 4.77. The van der Waals surface area contributed by atoms with Gasteiger partial charge in [0.1, 0.15) is 0 Å². The summed E-state index contributed by atoms with van der Waals surface area (Å²) in [5.74, 6) is -0.233. The fraction of sp³-hybridized carbons (Fsp3) is 0.400. The largest absolute Gasteiger partial charge is 0.417 e. The lowest BCUT2D eigenvalue weighted by atomic mass is 9.77. The molecule has 3 aromatic rings. The zero-order chi connectivity index (χ0) is 24.5. The number of aliphatic hydroxyl groups is 1. The Hall–Kier alpha value is -3.20. The fourth-order valence-corrected chi connectivity index (χ4v) is 4.77. The summed E-state index contributed by atoms with van der Waals surface area (Å²) in [6.07, 6.45) is 0.703. The molecule has 1 aromatic carbocycles. The lowest BCUT2D eigenvalue weighted by Gasteiger charge is -2.37. The van der Waals surface area contributed by atoms with Crippen LogP contribution in [-0.4, -0.2) is 27.1 Å². The Morgan fingerprint density at radius 2 is 1.88 bits per heavy atom. The summed E-state index contributed by atoms with van der Waals surface area (Å²) < 4.78 is 39.5. The second kappa shape index (κ2) is 9.21. The molecule has 0 spiro atoms. The zero-order valence-corrected chi connectivity index (χ0v) is 18.8. The number of hydrogen-bond donors (Lipinski definition) is 3. The number of nitrogen functional groups attached to an aromatic ring is 1. The maximum atomic E-state index is 13.3. The predicted octanol–water partition coefficient (Wildman–Crippen LogP) is 4.82. The first-order chi connectivity index (χ1) is 16.0. The topological polar surface area (TPSA) is 101 Å². The van der Waals surface area contributed by atoms with Crippen LogP contribution in [0.15, 0.2) is 48.8 Å². The summed E-state index contributed by atoms with van der Waals surface area (Å²) in [5.41, 5.74) is 5.22. The van der Waals surface area contributed by atoms with Crippen LogP contribution in [-0.2, 0) is 11.7 Å². The number of pyridine rings is 2. The number of halogens is 3. The maximum absolute atomic E-state index is 13.3. The molecule has 1 unspecified atom stereocenters. The summed E-state index contributed by atoms with van der Waals surface area (Å²) >= 11 is 0. The molecule has 0 aliphatic heterocycles. The van der Waals surface area contributed by atoms with E-state index in [1.807, 2.05) is 6.07 Å². The number of fused-ring (bicyclic) bond motifs is 1. The third-order valence-electron chi connectivity index (χ3n) is 6.53. The molecule has 2 heterocycles. The normalized spacial score (nSPS) is 20.6. The second-order valence-corrected chi connectivity index (χ2v) is 9.24. The van der Waals surface area contributed by atoms with Crippen LogP contribution in [0.5, 0.6) is 0 Å². The van der Waals surface area contributed by atoms with Gasteiger partial charge in [-0.3, -0.25) is 14.8 Å². The summed E-state index contributed by atoms with van der Waals surface area (Å²) in [7, 11) is 0. The smallest absolute Gasteiger partial charge is 0.397 e. The van der Waals surface area contributed by atoms with Gasteiger partial charge in [-0.2, -0.15) is 13.2 Å². The first-order valence-corrected chi connectivity index (χ1v) is 11.2. The Kier molecular flexibility index (Phi) is 6.49. The van der Waals surface area contributed by atoms with E-state index in [-0.39, 0.29) is 29.3 Å². The highest BCUT2D eigenvalue weighted by Gasteiger charge is 2.38. The van der Waals surface area contributed by atoms with Crippen molar-refractivity contribution in [2.24, 2.45) is 5.92 Å². The lowest BCUT2D eigenvalue weighted by Crippen LogP contribution is -2.46. The van der Waals surface area contributed by atoms with E-state index >= 15 is 0 Å². The van der Waals surface area contributed by atoms with Gasteiger partial charge < -0.3 is 16.2 Å².